The summed E-state index contributed by atoms with van der Waals surface area (Å²) in [5.74, 6) is 0.223. The van der Waals surface area contributed by atoms with Gasteiger partial charge in [0.2, 0.25) is 5.91 Å². The monoisotopic (exact) mass is 304 g/mol. The van der Waals surface area contributed by atoms with Gasteiger partial charge in [-0.25, -0.2) is 0 Å². The third kappa shape index (κ3) is 6.16. The van der Waals surface area contributed by atoms with E-state index in [0.717, 1.165) is 12.8 Å². The number of ether oxygens (including phenoxy) is 1. The topological polar surface area (TPSA) is 67.4 Å². The molecule has 5 nitrogen and oxygen atoms in total. The Labute approximate surface area is 131 Å². The summed E-state index contributed by atoms with van der Waals surface area (Å²) in [5, 5.41) is 5.58. The Hall–Kier alpha value is -2.04. The van der Waals surface area contributed by atoms with Crippen LogP contribution in [0.5, 0.6) is 5.75 Å². The first-order chi connectivity index (χ1) is 10.7. The Bertz CT molecular complexity index is 468. The zero-order valence-electron chi connectivity index (χ0n) is 12.8. The molecule has 0 radical (unpaired) electrons. The highest BCUT2D eigenvalue weighted by molar-refractivity contribution is 5.85. The van der Waals surface area contributed by atoms with Crippen LogP contribution in [0.15, 0.2) is 30.3 Å². The molecule has 0 unspecified atom stereocenters. The predicted molar refractivity (Wildman–Crippen MR) is 84.6 cm³/mol. The second kappa shape index (κ2) is 9.07. The smallest absolute Gasteiger partial charge is 0.258 e. The van der Waals surface area contributed by atoms with Gasteiger partial charge in [-0.2, -0.15) is 0 Å². The van der Waals surface area contributed by atoms with Crippen LogP contribution in [0.25, 0.3) is 0 Å². The number of amides is 2. The van der Waals surface area contributed by atoms with Crippen molar-refractivity contribution in [3.8, 4) is 5.75 Å². The lowest BCUT2D eigenvalue weighted by molar-refractivity contribution is -0.127. The van der Waals surface area contributed by atoms with Crippen LogP contribution in [0.1, 0.15) is 38.5 Å². The minimum absolute atomic E-state index is 0.00742. The van der Waals surface area contributed by atoms with E-state index in [2.05, 4.69) is 10.6 Å². The summed E-state index contributed by atoms with van der Waals surface area (Å²) in [5.41, 5.74) is 0. The fraction of sp³-hybridized carbons (Fsp3) is 0.529. The molecule has 1 fully saturated rings. The highest BCUT2D eigenvalue weighted by Gasteiger charge is 2.15. The number of carbonyl (C=O) groups is 2. The maximum Gasteiger partial charge on any atom is 0.258 e. The molecular formula is C17H24N2O3. The summed E-state index contributed by atoms with van der Waals surface area (Å²) in [4.78, 5) is 23.5. The molecule has 0 aliphatic heterocycles. The number of hydrogen-bond acceptors (Lipinski definition) is 3. The zero-order chi connectivity index (χ0) is 15.6. The zero-order valence-corrected chi connectivity index (χ0v) is 12.8. The SMILES string of the molecule is O=C(COc1ccccc1)NCC(=O)NC1CCCCCC1. The lowest BCUT2D eigenvalue weighted by Crippen LogP contribution is -2.42. The van der Waals surface area contributed by atoms with Gasteiger partial charge in [-0.1, -0.05) is 43.9 Å². The van der Waals surface area contributed by atoms with Gasteiger partial charge in [-0.3, -0.25) is 9.59 Å². The van der Waals surface area contributed by atoms with Gasteiger partial charge in [0.25, 0.3) is 5.91 Å². The Morgan fingerprint density at radius 1 is 1.00 bits per heavy atom. The molecule has 0 bridgehead atoms. The molecule has 0 atom stereocenters. The fourth-order valence-corrected chi connectivity index (χ4v) is 2.60. The Morgan fingerprint density at radius 3 is 2.36 bits per heavy atom. The van der Waals surface area contributed by atoms with Gasteiger partial charge in [-0.05, 0) is 25.0 Å². The first-order valence-electron chi connectivity index (χ1n) is 7.98. The Kier molecular flexibility index (Phi) is 6.74. The minimum atomic E-state index is -0.292. The van der Waals surface area contributed by atoms with E-state index >= 15 is 0 Å². The van der Waals surface area contributed by atoms with Crippen molar-refractivity contribution in [2.75, 3.05) is 13.2 Å². The largest absolute Gasteiger partial charge is 0.484 e. The van der Waals surface area contributed by atoms with Crippen LogP contribution in [0.3, 0.4) is 0 Å². The normalized spacial score (nSPS) is 15.6. The molecule has 1 saturated carbocycles. The molecular weight excluding hydrogens is 280 g/mol. The minimum Gasteiger partial charge on any atom is -0.484 e. The first kappa shape index (κ1) is 16.3. The summed E-state index contributed by atoms with van der Waals surface area (Å²) in [6, 6.07) is 9.39. The van der Waals surface area contributed by atoms with Crippen LogP contribution < -0.4 is 15.4 Å². The molecule has 1 aliphatic carbocycles. The van der Waals surface area contributed by atoms with E-state index in [4.69, 9.17) is 4.74 Å². The highest BCUT2D eigenvalue weighted by atomic mass is 16.5. The third-order valence-electron chi connectivity index (χ3n) is 3.78. The number of rotatable bonds is 6. The van der Waals surface area contributed by atoms with E-state index in [9.17, 15) is 9.59 Å². The van der Waals surface area contributed by atoms with Crippen molar-refractivity contribution >= 4 is 11.8 Å². The molecule has 0 heterocycles. The van der Waals surface area contributed by atoms with Crippen molar-refractivity contribution < 1.29 is 14.3 Å². The van der Waals surface area contributed by atoms with Crippen molar-refractivity contribution in [2.24, 2.45) is 0 Å². The molecule has 1 aromatic carbocycles. The summed E-state index contributed by atoms with van der Waals surface area (Å²) in [6.07, 6.45) is 6.91. The molecule has 5 heteroatoms. The van der Waals surface area contributed by atoms with Crippen LogP contribution in [0.2, 0.25) is 0 Å². The lowest BCUT2D eigenvalue weighted by Gasteiger charge is -2.16. The van der Waals surface area contributed by atoms with Crippen molar-refractivity contribution in [1.29, 1.82) is 0 Å². The second-order valence-electron chi connectivity index (χ2n) is 5.63. The predicted octanol–water partition coefficient (Wildman–Crippen LogP) is 2.02. The molecule has 22 heavy (non-hydrogen) atoms. The quantitative estimate of drug-likeness (QED) is 0.790. The maximum absolute atomic E-state index is 11.8. The van der Waals surface area contributed by atoms with Gasteiger partial charge in [0.1, 0.15) is 5.75 Å². The standard InChI is InChI=1S/C17H24N2O3/c20-16(19-14-8-4-1-2-5-9-14)12-18-17(21)13-22-15-10-6-3-7-11-15/h3,6-7,10-11,14H,1-2,4-5,8-9,12-13H2,(H,18,21)(H,19,20). The van der Waals surface area contributed by atoms with Gasteiger partial charge in [0.05, 0.1) is 6.54 Å². The molecule has 0 saturated heterocycles. The van der Waals surface area contributed by atoms with Gasteiger partial charge < -0.3 is 15.4 Å². The number of carbonyl (C=O) groups excluding carboxylic acids is 2. The average molecular weight is 304 g/mol. The van der Waals surface area contributed by atoms with Crippen molar-refractivity contribution in [3.05, 3.63) is 30.3 Å². The number of benzene rings is 1. The van der Waals surface area contributed by atoms with E-state index < -0.39 is 0 Å². The van der Waals surface area contributed by atoms with Gasteiger partial charge in [0.15, 0.2) is 6.61 Å². The molecule has 1 aromatic rings. The van der Waals surface area contributed by atoms with E-state index in [1.165, 1.54) is 25.7 Å². The van der Waals surface area contributed by atoms with Crippen LogP contribution in [0, 0.1) is 0 Å². The third-order valence-corrected chi connectivity index (χ3v) is 3.78. The maximum atomic E-state index is 11.8. The fourth-order valence-electron chi connectivity index (χ4n) is 2.60. The molecule has 2 rings (SSSR count). The number of para-hydroxylation sites is 1. The molecule has 2 amide bonds. The number of nitrogens with one attached hydrogen (secondary N) is 2. The Balaban J connectivity index is 1.61. The van der Waals surface area contributed by atoms with Crippen molar-refractivity contribution in [1.82, 2.24) is 10.6 Å². The van der Waals surface area contributed by atoms with E-state index in [1.807, 2.05) is 18.2 Å². The van der Waals surface area contributed by atoms with E-state index in [1.54, 1.807) is 12.1 Å². The average Bonchev–Trinajstić information content (AvgIpc) is 2.80. The van der Waals surface area contributed by atoms with Crippen LogP contribution in [-0.2, 0) is 9.59 Å². The van der Waals surface area contributed by atoms with E-state index in [0.29, 0.717) is 5.75 Å². The molecule has 0 spiro atoms. The van der Waals surface area contributed by atoms with Crippen LogP contribution in [0.4, 0.5) is 0 Å². The van der Waals surface area contributed by atoms with Gasteiger partial charge >= 0.3 is 0 Å². The first-order valence-corrected chi connectivity index (χ1v) is 7.98. The van der Waals surface area contributed by atoms with Crippen molar-refractivity contribution in [3.63, 3.8) is 0 Å². The van der Waals surface area contributed by atoms with Crippen LogP contribution in [-0.4, -0.2) is 31.0 Å². The van der Waals surface area contributed by atoms with E-state index in [-0.39, 0.29) is 31.0 Å². The van der Waals surface area contributed by atoms with Gasteiger partial charge in [-0.15, -0.1) is 0 Å². The van der Waals surface area contributed by atoms with Gasteiger partial charge in [0, 0.05) is 6.04 Å². The summed E-state index contributed by atoms with van der Waals surface area (Å²) in [6.45, 7) is -0.0752. The number of hydrogen-bond donors (Lipinski definition) is 2. The van der Waals surface area contributed by atoms with Crippen LogP contribution >= 0.6 is 0 Å². The summed E-state index contributed by atoms with van der Waals surface area (Å²) in [7, 11) is 0. The molecule has 0 aromatic heterocycles. The summed E-state index contributed by atoms with van der Waals surface area (Å²) >= 11 is 0. The second-order valence-corrected chi connectivity index (χ2v) is 5.63. The highest BCUT2D eigenvalue weighted by Crippen LogP contribution is 2.16. The van der Waals surface area contributed by atoms with Crippen molar-refractivity contribution in [2.45, 2.75) is 44.6 Å². The lowest BCUT2D eigenvalue weighted by atomic mass is 10.1. The molecule has 2 N–H and O–H groups in total. The molecule has 120 valence electrons. The Morgan fingerprint density at radius 2 is 1.68 bits per heavy atom. The summed E-state index contributed by atoms with van der Waals surface area (Å²) < 4.78 is 5.32. The molecule has 1 aliphatic rings.